The van der Waals surface area contributed by atoms with Crippen LogP contribution < -0.4 is 15.8 Å². The molecule has 2 aliphatic rings. The molecule has 0 radical (unpaired) electrons. The lowest BCUT2D eigenvalue weighted by molar-refractivity contribution is -0.140. The molecule has 0 saturated carbocycles. The first-order valence-electron chi connectivity index (χ1n) is 10.5. The number of nitrogens with two attached hydrogens (primary N) is 1. The number of ether oxygens (including phenoxy) is 1. The Balaban J connectivity index is 1.72. The highest BCUT2D eigenvalue weighted by atomic mass is 19.1. The predicted molar refractivity (Wildman–Crippen MR) is 120 cm³/mol. The van der Waals surface area contributed by atoms with E-state index in [2.05, 4.69) is 16.4 Å². The molecule has 164 valence electrons. The molecule has 0 aromatic heterocycles. The van der Waals surface area contributed by atoms with Gasteiger partial charge >= 0.3 is 0 Å². The van der Waals surface area contributed by atoms with Crippen LogP contribution in [-0.2, 0) is 16.8 Å². The number of nitrogens with one attached hydrogen (secondary N) is 1. The number of carbonyl (C=O) groups excluding carboxylic acids is 1. The third-order valence-corrected chi connectivity index (χ3v) is 7.02. The first-order valence-corrected chi connectivity index (χ1v) is 10.5. The lowest BCUT2D eigenvalue weighted by atomic mass is 9.67. The average molecular weight is 425 g/mol. The Morgan fingerprint density at radius 2 is 2.00 bits per heavy atom. The number of carbonyl (C=O) groups is 1. The van der Waals surface area contributed by atoms with Gasteiger partial charge in [0.15, 0.2) is 5.96 Å². The number of rotatable bonds is 4. The third-order valence-electron chi connectivity index (χ3n) is 7.02. The molecule has 2 aromatic carbocycles. The summed E-state index contributed by atoms with van der Waals surface area (Å²) in [5, 5.41) is 3.53. The standard InChI is InChI=1S/C24H29FN4O2/c1-23(2)21(30)29(4)22(26)28-24(23,3)17-13-14(9-11-18(17)25)27-19-12-10-16-15(19)7-6-8-20(16)31-5/h6-9,11,13,19,27H,10,12H2,1-5H3,(H2,26,28). The minimum Gasteiger partial charge on any atom is -0.496 e. The molecule has 6 nitrogen and oxygen atoms in total. The van der Waals surface area contributed by atoms with Gasteiger partial charge in [0.25, 0.3) is 0 Å². The van der Waals surface area contributed by atoms with E-state index >= 15 is 4.39 Å². The zero-order chi connectivity index (χ0) is 22.6. The summed E-state index contributed by atoms with van der Waals surface area (Å²) in [6, 6.07) is 11.0. The largest absolute Gasteiger partial charge is 0.496 e. The van der Waals surface area contributed by atoms with Crippen molar-refractivity contribution < 1.29 is 13.9 Å². The Labute approximate surface area is 182 Å². The maximum absolute atomic E-state index is 15.1. The normalized spacial score (nSPS) is 24.6. The molecule has 3 N–H and O–H groups in total. The Bertz CT molecular complexity index is 1080. The van der Waals surface area contributed by atoms with Crippen LogP contribution in [-0.4, -0.2) is 30.9 Å². The van der Waals surface area contributed by atoms with Crippen LogP contribution in [0.2, 0.25) is 0 Å². The molecule has 2 unspecified atom stereocenters. The van der Waals surface area contributed by atoms with Crippen molar-refractivity contribution in [2.24, 2.45) is 16.1 Å². The lowest BCUT2D eigenvalue weighted by Crippen LogP contribution is -2.58. The van der Waals surface area contributed by atoms with Crippen molar-refractivity contribution in [2.75, 3.05) is 19.5 Å². The van der Waals surface area contributed by atoms with E-state index in [-0.39, 0.29) is 17.9 Å². The first-order chi connectivity index (χ1) is 14.6. The van der Waals surface area contributed by atoms with Crippen LogP contribution in [0.1, 0.15) is 49.9 Å². The highest BCUT2D eigenvalue weighted by Crippen LogP contribution is 2.48. The summed E-state index contributed by atoms with van der Waals surface area (Å²) >= 11 is 0. The van der Waals surface area contributed by atoms with Crippen molar-refractivity contribution in [1.29, 1.82) is 0 Å². The number of halogens is 1. The van der Waals surface area contributed by atoms with Gasteiger partial charge in [-0.3, -0.25) is 9.69 Å². The zero-order valence-corrected chi connectivity index (χ0v) is 18.6. The van der Waals surface area contributed by atoms with Crippen LogP contribution in [0.5, 0.6) is 5.75 Å². The Kier molecular flexibility index (Phi) is 4.95. The minimum atomic E-state index is -1.14. The van der Waals surface area contributed by atoms with Crippen molar-refractivity contribution >= 4 is 17.6 Å². The van der Waals surface area contributed by atoms with E-state index in [1.807, 2.05) is 12.1 Å². The van der Waals surface area contributed by atoms with Gasteiger partial charge in [0.2, 0.25) is 5.91 Å². The summed E-state index contributed by atoms with van der Waals surface area (Å²) in [5.41, 5.74) is 7.40. The quantitative estimate of drug-likeness (QED) is 0.779. The molecule has 2 aromatic rings. The van der Waals surface area contributed by atoms with E-state index in [9.17, 15) is 4.79 Å². The maximum atomic E-state index is 15.1. The molecule has 0 fully saturated rings. The number of nitrogens with zero attached hydrogens (tertiary/aromatic N) is 2. The minimum absolute atomic E-state index is 0.0846. The predicted octanol–water partition coefficient (Wildman–Crippen LogP) is 3.96. The van der Waals surface area contributed by atoms with Gasteiger partial charge in [-0.05, 0) is 69.0 Å². The summed E-state index contributed by atoms with van der Waals surface area (Å²) in [6.07, 6.45) is 1.83. The fraction of sp³-hybridized carbons (Fsp3) is 0.417. The number of hydrogen-bond donors (Lipinski definition) is 2. The average Bonchev–Trinajstić information content (AvgIpc) is 3.15. The molecule has 7 heteroatoms. The van der Waals surface area contributed by atoms with E-state index in [0.717, 1.165) is 24.3 Å². The number of guanidine groups is 1. The maximum Gasteiger partial charge on any atom is 0.237 e. The van der Waals surface area contributed by atoms with Crippen LogP contribution in [0.25, 0.3) is 0 Å². The Morgan fingerprint density at radius 3 is 2.71 bits per heavy atom. The van der Waals surface area contributed by atoms with E-state index in [4.69, 9.17) is 10.5 Å². The number of methoxy groups -OCH3 is 1. The monoisotopic (exact) mass is 424 g/mol. The van der Waals surface area contributed by atoms with E-state index < -0.39 is 16.8 Å². The van der Waals surface area contributed by atoms with Crippen LogP contribution in [0.3, 0.4) is 0 Å². The van der Waals surface area contributed by atoms with Crippen molar-refractivity contribution in [1.82, 2.24) is 4.90 Å². The summed E-state index contributed by atoms with van der Waals surface area (Å²) in [6.45, 7) is 5.32. The fourth-order valence-corrected chi connectivity index (χ4v) is 4.72. The molecule has 1 aliphatic carbocycles. The second kappa shape index (κ2) is 7.25. The SMILES string of the molecule is COc1cccc2c1CCC2Nc1ccc(F)c(C2(C)N=C(N)N(C)C(=O)C2(C)C)c1. The number of fused-ring (bicyclic) bond motifs is 1. The van der Waals surface area contributed by atoms with Gasteiger partial charge in [0, 0.05) is 18.3 Å². The van der Waals surface area contributed by atoms with Crippen molar-refractivity contribution in [3.05, 3.63) is 58.9 Å². The van der Waals surface area contributed by atoms with E-state index in [1.165, 1.54) is 22.1 Å². The van der Waals surface area contributed by atoms with Crippen molar-refractivity contribution in [2.45, 2.75) is 45.2 Å². The molecule has 1 heterocycles. The van der Waals surface area contributed by atoms with Crippen molar-refractivity contribution in [3.63, 3.8) is 0 Å². The van der Waals surface area contributed by atoms with Gasteiger partial charge in [0.05, 0.1) is 18.6 Å². The van der Waals surface area contributed by atoms with Crippen LogP contribution in [0.4, 0.5) is 10.1 Å². The highest BCUT2D eigenvalue weighted by Gasteiger charge is 2.53. The second-order valence-corrected chi connectivity index (χ2v) is 8.99. The molecular weight excluding hydrogens is 395 g/mol. The number of hydrogen-bond acceptors (Lipinski definition) is 5. The van der Waals surface area contributed by atoms with Crippen LogP contribution >= 0.6 is 0 Å². The number of anilines is 1. The lowest BCUT2D eigenvalue weighted by Gasteiger charge is -2.46. The first kappa shape index (κ1) is 21.2. The molecule has 31 heavy (non-hydrogen) atoms. The highest BCUT2D eigenvalue weighted by molar-refractivity contribution is 6.01. The molecule has 4 rings (SSSR count). The number of amides is 1. The Hall–Kier alpha value is -3.09. The number of aliphatic imine (C=N–C) groups is 1. The molecule has 2 atom stereocenters. The summed E-state index contributed by atoms with van der Waals surface area (Å²) in [5.74, 6) is 0.368. The van der Waals surface area contributed by atoms with Gasteiger partial charge in [0.1, 0.15) is 17.1 Å². The molecule has 1 amide bonds. The van der Waals surface area contributed by atoms with Crippen LogP contribution in [0.15, 0.2) is 41.4 Å². The fourth-order valence-electron chi connectivity index (χ4n) is 4.72. The zero-order valence-electron chi connectivity index (χ0n) is 18.6. The van der Waals surface area contributed by atoms with E-state index in [0.29, 0.717) is 5.56 Å². The van der Waals surface area contributed by atoms with Gasteiger partial charge < -0.3 is 15.8 Å². The smallest absolute Gasteiger partial charge is 0.237 e. The van der Waals surface area contributed by atoms with E-state index in [1.54, 1.807) is 47.1 Å². The summed E-state index contributed by atoms with van der Waals surface area (Å²) in [7, 11) is 3.27. The van der Waals surface area contributed by atoms with Crippen LogP contribution in [0, 0.1) is 11.2 Å². The molecule has 0 spiro atoms. The molecular formula is C24H29FN4O2. The molecule has 0 bridgehead atoms. The van der Waals surface area contributed by atoms with Crippen molar-refractivity contribution in [3.8, 4) is 5.75 Å². The Morgan fingerprint density at radius 1 is 1.26 bits per heavy atom. The molecule has 1 aliphatic heterocycles. The van der Waals surface area contributed by atoms with Gasteiger partial charge in [-0.15, -0.1) is 0 Å². The van der Waals surface area contributed by atoms with Gasteiger partial charge in [-0.2, -0.15) is 0 Å². The summed E-state index contributed by atoms with van der Waals surface area (Å²) in [4.78, 5) is 18.8. The third kappa shape index (κ3) is 3.14. The number of benzene rings is 2. The molecule has 0 saturated heterocycles. The topological polar surface area (TPSA) is 80.0 Å². The van der Waals surface area contributed by atoms with Gasteiger partial charge in [-0.1, -0.05) is 12.1 Å². The summed E-state index contributed by atoms with van der Waals surface area (Å²) < 4.78 is 20.6. The van der Waals surface area contributed by atoms with Gasteiger partial charge in [-0.25, -0.2) is 9.38 Å². The second-order valence-electron chi connectivity index (χ2n) is 8.99.